The molecule has 0 atom stereocenters. The van der Waals surface area contributed by atoms with Crippen LogP contribution in [0.25, 0.3) is 6.08 Å². The molecule has 0 unspecified atom stereocenters. The van der Waals surface area contributed by atoms with Gasteiger partial charge in [0.15, 0.2) is 47.8 Å². The van der Waals surface area contributed by atoms with Crippen molar-refractivity contribution in [1.29, 1.82) is 0 Å². The van der Waals surface area contributed by atoms with Crippen molar-refractivity contribution in [2.45, 2.75) is 40.1 Å². The number of nitrogens with two attached hydrogens (primary N) is 1. The molecule has 3 radical (unpaired) electrons. The summed E-state index contributed by atoms with van der Waals surface area (Å²) in [6.07, 6.45) is 3.92. The maximum atomic E-state index is 10.6. The molecule has 23 nitrogen and oxygen atoms in total. The fourth-order valence-electron chi connectivity index (χ4n) is 6.88. The molecule has 0 saturated carbocycles. The molecular weight excluding hydrogens is 1720 g/mol. The summed E-state index contributed by atoms with van der Waals surface area (Å²) in [6, 6.07) is 25.5. The van der Waals surface area contributed by atoms with Crippen molar-refractivity contribution >= 4 is 145 Å². The maximum Gasteiger partial charge on any atom is 1.00 e. The summed E-state index contributed by atoms with van der Waals surface area (Å²) >= 11 is 25.4. The Morgan fingerprint density at radius 2 is 0.800 bits per heavy atom. The van der Waals surface area contributed by atoms with Gasteiger partial charge in [-0.3, -0.25) is 35.1 Å². The molecule has 90 heavy (non-hydrogen) atoms. The number of ether oxygens (including phenoxy) is 9. The first-order valence-electron chi connectivity index (χ1n) is 24.3. The monoisotopic (exact) mass is 1780 g/mol. The number of para-hydroxylation sites is 2. The number of benzene rings is 6. The number of nitrogens with zero attached hydrogens (tertiary/aromatic N) is 3. The van der Waals surface area contributed by atoms with E-state index in [4.69, 9.17) is 63.6 Å². The molecule has 0 aromatic heterocycles. The summed E-state index contributed by atoms with van der Waals surface area (Å²) in [5.41, 5.74) is 10.2. The Balaban J connectivity index is -0.000000233. The normalized spacial score (nSPS) is 9.31. The van der Waals surface area contributed by atoms with E-state index in [9.17, 15) is 35.2 Å². The number of carbonyl (C=O) groups is 1. The summed E-state index contributed by atoms with van der Waals surface area (Å²) in [4.78, 5) is 38.5. The third kappa shape index (κ3) is 33.6. The average Bonchev–Trinajstić information content (AvgIpc) is 2.39. The third-order valence-corrected chi connectivity index (χ3v) is 14.7. The fourth-order valence-corrected chi connectivity index (χ4v) is 9.62. The molecule has 0 aliphatic rings. The maximum absolute atomic E-state index is 10.6. The Hall–Kier alpha value is -4.13. The van der Waals surface area contributed by atoms with Crippen LogP contribution in [0.5, 0.6) is 51.7 Å². The topological polar surface area (TPSA) is 316 Å². The minimum Gasteiger partial charge on any atom is -1.00 e. The van der Waals surface area contributed by atoms with E-state index in [1.54, 1.807) is 71.9 Å². The smallest absolute Gasteiger partial charge is 1.00 e. The Bertz CT molecular complexity index is 3060. The van der Waals surface area contributed by atoms with Gasteiger partial charge in [-0.05, 0) is 127 Å². The standard InChI is InChI=1S/C10H12BrNO4.C10H10BrNO4.C10H14BrNO2.C9H9BrO3.C8H8Br2O2.C8H10O2.CH3NO2.CH4.B.Br2.Na.H/c2*1-16-10-7(4-5-12(14)15)2-3-9(11)8(10)6-13;1-14-10-7(4-5-12)2-3-9(11)8(10)6-13;1-12-8-6(5-11)3-4-7(10)9(8)13-2;1-11-7-5(9)3-4-6(10)8(7)12-2;1-9-7-5-3-4-6-8(7)10-2;1-2(3)4;;;1-2;;/h2-3,13H,4-6H2,1H3;2-5,13H,6H2,1H3;2-3,13H,4-6,12H2,1H3;3-5H,1-2H3;3-4H,1-2H3;3-6H,1-2H3;1H3;1H4;;;;/q;;;;;;;;;;+1;-1/b;5-4-;;;;;;;;;;. The van der Waals surface area contributed by atoms with Crippen molar-refractivity contribution < 1.29 is 108 Å². The number of aldehydes is 1. The van der Waals surface area contributed by atoms with Crippen molar-refractivity contribution in [2.24, 2.45) is 5.73 Å². The molecule has 493 valence electrons. The van der Waals surface area contributed by atoms with Crippen molar-refractivity contribution in [2.75, 3.05) is 84.1 Å². The van der Waals surface area contributed by atoms with Gasteiger partial charge in [0.2, 0.25) is 12.7 Å². The van der Waals surface area contributed by atoms with Gasteiger partial charge in [0, 0.05) is 100 Å². The average molecular weight is 1790 g/mol. The summed E-state index contributed by atoms with van der Waals surface area (Å²) in [7, 11) is 14.9. The molecule has 6 aromatic rings. The molecule has 6 rings (SSSR count). The first-order valence-corrected chi connectivity index (χ1v) is 32.8. The van der Waals surface area contributed by atoms with E-state index in [1.165, 1.54) is 34.5 Å². The third-order valence-electron chi connectivity index (χ3n) is 10.6. The van der Waals surface area contributed by atoms with E-state index >= 15 is 0 Å². The van der Waals surface area contributed by atoms with Crippen molar-refractivity contribution in [1.82, 2.24) is 0 Å². The van der Waals surface area contributed by atoms with Gasteiger partial charge < -0.3 is 65.1 Å². The van der Waals surface area contributed by atoms with Crippen LogP contribution in [0.2, 0.25) is 0 Å². The van der Waals surface area contributed by atoms with Crippen LogP contribution in [0.15, 0.2) is 118 Å². The van der Waals surface area contributed by atoms with E-state index in [-0.39, 0.29) is 84.5 Å². The van der Waals surface area contributed by atoms with E-state index in [0.29, 0.717) is 67.8 Å². The number of aliphatic hydroxyl groups is 3. The Morgan fingerprint density at radius 1 is 0.489 bits per heavy atom. The number of aliphatic hydroxyl groups excluding tert-OH is 3. The zero-order valence-electron chi connectivity index (χ0n) is 51.2. The van der Waals surface area contributed by atoms with E-state index < -0.39 is 9.85 Å². The molecule has 0 bridgehead atoms. The second-order valence-electron chi connectivity index (χ2n) is 15.7. The molecule has 5 N–H and O–H groups in total. The van der Waals surface area contributed by atoms with Crippen LogP contribution in [-0.2, 0) is 32.7 Å². The summed E-state index contributed by atoms with van der Waals surface area (Å²) in [5.74, 6) is 5.59. The number of rotatable bonds is 20. The van der Waals surface area contributed by atoms with E-state index in [0.717, 1.165) is 82.3 Å². The van der Waals surface area contributed by atoms with E-state index in [2.05, 4.69) is 124 Å². The molecule has 33 heteroatoms. The van der Waals surface area contributed by atoms with Gasteiger partial charge in [0.1, 0.15) is 17.2 Å². The Morgan fingerprint density at radius 3 is 1.11 bits per heavy atom. The molecule has 0 fully saturated rings. The van der Waals surface area contributed by atoms with E-state index in [1.807, 2.05) is 48.5 Å². The molecule has 0 spiro atoms. The van der Waals surface area contributed by atoms with Gasteiger partial charge in [0.25, 0.3) is 0 Å². The first kappa shape index (κ1) is 94.6. The van der Waals surface area contributed by atoms with Gasteiger partial charge in [-0.15, -0.1) is 0 Å². The van der Waals surface area contributed by atoms with Crippen LogP contribution in [0.4, 0.5) is 0 Å². The first-order chi connectivity index (χ1) is 41.5. The van der Waals surface area contributed by atoms with Crippen LogP contribution in [-0.4, -0.2) is 129 Å². The molecule has 0 aliphatic heterocycles. The number of hydrogen-bond donors (Lipinski definition) is 4. The van der Waals surface area contributed by atoms with Gasteiger partial charge >= 0.3 is 29.6 Å². The number of carbonyl (C=O) groups excluding carboxylic acids is 1. The fraction of sp³-hybridized carbons (Fsp3) is 0.316. The van der Waals surface area contributed by atoms with Crippen molar-refractivity contribution in [3.05, 3.63) is 187 Å². The van der Waals surface area contributed by atoms with Crippen molar-refractivity contribution in [3.8, 4) is 51.7 Å². The van der Waals surface area contributed by atoms with Crippen LogP contribution in [0.1, 0.15) is 52.6 Å². The SMILES string of the molecule is BrBr.C.COc1c(/C=C\[N+](=O)[O-])ccc(Br)c1CO.COc1c(Br)ccc(Br)c1OC.COc1c(Br)ccc(C=O)c1OC.COc1c(CCN)ccc(Br)c1CO.COc1c(CC[N+](=O)[O-])ccc(Br)c1CO.COc1ccccc1OC.C[N+](=O)[O-].[B].[H-].[Na+]. The van der Waals surface area contributed by atoms with Gasteiger partial charge in [-0.1, -0.05) is 79.5 Å². The van der Waals surface area contributed by atoms with Crippen LogP contribution >= 0.6 is 124 Å². The second-order valence-corrected chi connectivity index (χ2v) is 20.8. The predicted octanol–water partition coefficient (Wildman–Crippen LogP) is 11.6. The number of nitro groups is 3. The zero-order chi connectivity index (χ0) is 66.8. The Kier molecular flexibility index (Phi) is 58.2. The van der Waals surface area contributed by atoms with Crippen LogP contribution in [0, 0.1) is 30.3 Å². The molecule has 0 amide bonds. The quantitative estimate of drug-likeness (QED) is 0.0239. The minimum atomic E-state index is -0.555. The minimum absolute atomic E-state index is 0. The molecule has 0 heterocycles. The number of methoxy groups -OCH3 is 9. The van der Waals surface area contributed by atoms with Crippen molar-refractivity contribution in [3.63, 3.8) is 0 Å². The number of halogens is 8. The zero-order valence-corrected chi connectivity index (χ0v) is 64.8. The summed E-state index contributed by atoms with van der Waals surface area (Å²) < 4.78 is 50.8. The molecule has 0 aliphatic carbocycles. The summed E-state index contributed by atoms with van der Waals surface area (Å²) in [6.45, 7) is 0.00779. The Labute approximate surface area is 615 Å². The molecule has 6 aromatic carbocycles. The summed E-state index contributed by atoms with van der Waals surface area (Å²) in [5, 5.41) is 56.9. The largest absolute Gasteiger partial charge is 1.00 e. The van der Waals surface area contributed by atoms with Gasteiger partial charge in [0.05, 0.1) is 108 Å². The number of hydrogen-bond acceptors (Lipinski definition) is 20. The molecule has 0 saturated heterocycles. The van der Waals surface area contributed by atoms with Gasteiger partial charge in [-0.2, -0.15) is 0 Å². The molecular formula is C57H71BBr8N4NaO19. The van der Waals surface area contributed by atoms with Gasteiger partial charge in [-0.25, -0.2) is 0 Å². The van der Waals surface area contributed by atoms with Crippen LogP contribution < -0.4 is 77.9 Å². The second kappa shape index (κ2) is 55.3. The predicted molar refractivity (Wildman–Crippen MR) is 376 cm³/mol. The van der Waals surface area contributed by atoms with Crippen LogP contribution in [0.3, 0.4) is 0 Å².